The summed E-state index contributed by atoms with van der Waals surface area (Å²) in [6.45, 7) is 4.43. The Labute approximate surface area is 80.4 Å². The fourth-order valence-electron chi connectivity index (χ4n) is 1.49. The first-order valence-electron chi connectivity index (χ1n) is 5.15. The molecule has 1 unspecified atom stereocenters. The quantitative estimate of drug-likeness (QED) is 0.692. The SMILES string of the molecule is CCCCC(CC)c1ncccn1. The maximum Gasteiger partial charge on any atom is 0.131 e. The third-order valence-electron chi connectivity index (χ3n) is 2.35. The van der Waals surface area contributed by atoms with E-state index in [1.54, 1.807) is 0 Å². The Morgan fingerprint density at radius 2 is 1.92 bits per heavy atom. The number of hydrogen-bond donors (Lipinski definition) is 0. The first kappa shape index (κ1) is 10.2. The number of aromatic nitrogens is 2. The maximum absolute atomic E-state index is 4.29. The van der Waals surface area contributed by atoms with Crippen molar-refractivity contribution < 1.29 is 0 Å². The lowest BCUT2D eigenvalue weighted by Gasteiger charge is -2.11. The number of nitrogens with zero attached hydrogens (tertiary/aromatic N) is 2. The van der Waals surface area contributed by atoms with Gasteiger partial charge in [-0.1, -0.05) is 26.7 Å². The average Bonchev–Trinajstić information content (AvgIpc) is 2.21. The first-order chi connectivity index (χ1) is 6.38. The van der Waals surface area contributed by atoms with E-state index in [9.17, 15) is 0 Å². The van der Waals surface area contributed by atoms with Crippen molar-refractivity contribution in [1.82, 2.24) is 9.97 Å². The summed E-state index contributed by atoms with van der Waals surface area (Å²) >= 11 is 0. The Hall–Kier alpha value is -0.920. The van der Waals surface area contributed by atoms with E-state index < -0.39 is 0 Å². The molecular weight excluding hydrogens is 160 g/mol. The van der Waals surface area contributed by atoms with Gasteiger partial charge < -0.3 is 0 Å². The minimum atomic E-state index is 0.557. The molecule has 0 spiro atoms. The van der Waals surface area contributed by atoms with Crippen LogP contribution < -0.4 is 0 Å². The highest BCUT2D eigenvalue weighted by Crippen LogP contribution is 2.21. The lowest BCUT2D eigenvalue weighted by Crippen LogP contribution is -2.02. The number of unbranched alkanes of at least 4 members (excludes halogenated alkanes) is 1. The minimum absolute atomic E-state index is 0.557. The normalized spacial score (nSPS) is 12.8. The van der Waals surface area contributed by atoms with E-state index in [4.69, 9.17) is 0 Å². The van der Waals surface area contributed by atoms with Gasteiger partial charge in [-0.3, -0.25) is 0 Å². The first-order valence-corrected chi connectivity index (χ1v) is 5.15. The zero-order chi connectivity index (χ0) is 9.52. The van der Waals surface area contributed by atoms with Gasteiger partial charge in [-0.15, -0.1) is 0 Å². The van der Waals surface area contributed by atoms with Crippen molar-refractivity contribution in [3.8, 4) is 0 Å². The van der Waals surface area contributed by atoms with Gasteiger partial charge in [0.25, 0.3) is 0 Å². The molecule has 0 amide bonds. The molecule has 0 aromatic carbocycles. The summed E-state index contributed by atoms with van der Waals surface area (Å²) in [6.07, 6.45) is 8.55. The van der Waals surface area contributed by atoms with Crippen molar-refractivity contribution in [1.29, 1.82) is 0 Å². The van der Waals surface area contributed by atoms with Crippen LogP contribution in [0, 0.1) is 0 Å². The van der Waals surface area contributed by atoms with Crippen LogP contribution >= 0.6 is 0 Å². The van der Waals surface area contributed by atoms with Gasteiger partial charge in [0.15, 0.2) is 0 Å². The molecule has 0 bridgehead atoms. The minimum Gasteiger partial charge on any atom is -0.241 e. The van der Waals surface area contributed by atoms with Crippen LogP contribution in [0.3, 0.4) is 0 Å². The molecule has 2 nitrogen and oxygen atoms in total. The Kier molecular flexibility index (Phi) is 4.44. The molecule has 0 aliphatic heterocycles. The van der Waals surface area contributed by atoms with E-state index >= 15 is 0 Å². The fourth-order valence-corrected chi connectivity index (χ4v) is 1.49. The van der Waals surface area contributed by atoms with Crippen LogP contribution in [0.1, 0.15) is 51.3 Å². The molecule has 0 aliphatic carbocycles. The van der Waals surface area contributed by atoms with Crippen molar-refractivity contribution >= 4 is 0 Å². The van der Waals surface area contributed by atoms with E-state index in [2.05, 4.69) is 23.8 Å². The summed E-state index contributed by atoms with van der Waals surface area (Å²) in [6, 6.07) is 1.87. The second kappa shape index (κ2) is 5.68. The zero-order valence-electron chi connectivity index (χ0n) is 8.53. The second-order valence-electron chi connectivity index (χ2n) is 3.35. The maximum atomic E-state index is 4.29. The Morgan fingerprint density at radius 1 is 1.23 bits per heavy atom. The standard InChI is InChI=1S/C11H18N2/c1-3-5-7-10(4-2)11-12-8-6-9-13-11/h6,8-10H,3-5,7H2,1-2H3. The summed E-state index contributed by atoms with van der Waals surface area (Å²) in [7, 11) is 0. The molecule has 0 radical (unpaired) electrons. The van der Waals surface area contributed by atoms with Crippen molar-refractivity contribution in [3.63, 3.8) is 0 Å². The van der Waals surface area contributed by atoms with Crippen LogP contribution in [0.4, 0.5) is 0 Å². The highest BCUT2D eigenvalue weighted by molar-refractivity contribution is 4.96. The molecule has 72 valence electrons. The molecule has 1 aromatic rings. The van der Waals surface area contributed by atoms with Gasteiger partial charge in [0.1, 0.15) is 5.82 Å². The van der Waals surface area contributed by atoms with E-state index in [0.29, 0.717) is 5.92 Å². The number of rotatable bonds is 5. The Balaban J connectivity index is 2.56. The summed E-state index contributed by atoms with van der Waals surface area (Å²) in [4.78, 5) is 8.58. The molecular formula is C11H18N2. The van der Waals surface area contributed by atoms with Gasteiger partial charge in [-0.05, 0) is 18.9 Å². The molecule has 0 saturated heterocycles. The van der Waals surface area contributed by atoms with Gasteiger partial charge >= 0.3 is 0 Å². The highest BCUT2D eigenvalue weighted by Gasteiger charge is 2.10. The molecule has 1 aromatic heterocycles. The van der Waals surface area contributed by atoms with Gasteiger partial charge in [0, 0.05) is 18.3 Å². The molecule has 0 fully saturated rings. The predicted octanol–water partition coefficient (Wildman–Crippen LogP) is 3.16. The summed E-state index contributed by atoms with van der Waals surface area (Å²) in [5, 5.41) is 0. The lowest BCUT2D eigenvalue weighted by atomic mass is 9.98. The van der Waals surface area contributed by atoms with Gasteiger partial charge in [0.05, 0.1) is 0 Å². The topological polar surface area (TPSA) is 25.8 Å². The van der Waals surface area contributed by atoms with Crippen LogP contribution in [0.25, 0.3) is 0 Å². The Morgan fingerprint density at radius 3 is 2.46 bits per heavy atom. The van der Waals surface area contributed by atoms with Crippen LogP contribution in [0.5, 0.6) is 0 Å². The van der Waals surface area contributed by atoms with Gasteiger partial charge in [0.2, 0.25) is 0 Å². The predicted molar refractivity (Wildman–Crippen MR) is 54.6 cm³/mol. The van der Waals surface area contributed by atoms with Crippen molar-refractivity contribution in [3.05, 3.63) is 24.3 Å². The van der Waals surface area contributed by atoms with Crippen LogP contribution in [-0.2, 0) is 0 Å². The zero-order valence-corrected chi connectivity index (χ0v) is 8.53. The second-order valence-corrected chi connectivity index (χ2v) is 3.35. The van der Waals surface area contributed by atoms with Crippen molar-refractivity contribution in [2.24, 2.45) is 0 Å². The van der Waals surface area contributed by atoms with E-state index in [1.165, 1.54) is 19.3 Å². The largest absolute Gasteiger partial charge is 0.241 e. The molecule has 0 saturated carbocycles. The third-order valence-corrected chi connectivity index (χ3v) is 2.35. The third kappa shape index (κ3) is 3.13. The molecule has 1 atom stereocenters. The summed E-state index contributed by atoms with van der Waals surface area (Å²) in [5.41, 5.74) is 0. The van der Waals surface area contributed by atoms with Crippen LogP contribution in [0.2, 0.25) is 0 Å². The fraction of sp³-hybridized carbons (Fsp3) is 0.636. The molecule has 1 heterocycles. The summed E-state index contributed by atoms with van der Waals surface area (Å²) < 4.78 is 0. The number of hydrogen-bond acceptors (Lipinski definition) is 2. The smallest absolute Gasteiger partial charge is 0.131 e. The lowest BCUT2D eigenvalue weighted by molar-refractivity contribution is 0.543. The van der Waals surface area contributed by atoms with E-state index in [0.717, 1.165) is 12.2 Å². The van der Waals surface area contributed by atoms with Crippen molar-refractivity contribution in [2.45, 2.75) is 45.4 Å². The van der Waals surface area contributed by atoms with E-state index in [1.807, 2.05) is 18.5 Å². The Bertz CT molecular complexity index is 221. The molecule has 1 rings (SSSR count). The van der Waals surface area contributed by atoms with Crippen LogP contribution in [-0.4, -0.2) is 9.97 Å². The monoisotopic (exact) mass is 178 g/mol. The molecule has 2 heteroatoms. The van der Waals surface area contributed by atoms with Crippen molar-refractivity contribution in [2.75, 3.05) is 0 Å². The van der Waals surface area contributed by atoms with E-state index in [-0.39, 0.29) is 0 Å². The molecule has 0 N–H and O–H groups in total. The van der Waals surface area contributed by atoms with Gasteiger partial charge in [-0.25, -0.2) is 9.97 Å². The molecule has 0 aliphatic rings. The van der Waals surface area contributed by atoms with Gasteiger partial charge in [-0.2, -0.15) is 0 Å². The summed E-state index contributed by atoms with van der Waals surface area (Å²) in [5.74, 6) is 1.57. The molecule has 13 heavy (non-hydrogen) atoms. The van der Waals surface area contributed by atoms with Crippen LogP contribution in [0.15, 0.2) is 18.5 Å². The highest BCUT2D eigenvalue weighted by atomic mass is 14.9. The average molecular weight is 178 g/mol.